The van der Waals surface area contributed by atoms with Crippen molar-refractivity contribution in [3.63, 3.8) is 0 Å². The number of amides is 1. The summed E-state index contributed by atoms with van der Waals surface area (Å²) in [7, 11) is 1.66. The van der Waals surface area contributed by atoms with Crippen LogP contribution in [0.3, 0.4) is 0 Å². The van der Waals surface area contributed by atoms with E-state index in [2.05, 4.69) is 11.2 Å². The van der Waals surface area contributed by atoms with Crippen LogP contribution in [0.4, 0.5) is 0 Å². The zero-order chi connectivity index (χ0) is 19.3. The maximum absolute atomic E-state index is 13.0. The second kappa shape index (κ2) is 5.99. The average Bonchev–Trinajstić information content (AvgIpc) is 2.97. The molecule has 0 atom stereocenters. The van der Waals surface area contributed by atoms with Crippen LogP contribution in [0.5, 0.6) is 5.75 Å². The molecule has 8 nitrogen and oxygen atoms in total. The van der Waals surface area contributed by atoms with Crippen molar-refractivity contribution in [3.8, 4) is 11.8 Å². The van der Waals surface area contributed by atoms with E-state index in [1.165, 1.54) is 9.58 Å². The first kappa shape index (κ1) is 16.8. The molecule has 3 heterocycles. The summed E-state index contributed by atoms with van der Waals surface area (Å²) in [6, 6.07) is 9.08. The summed E-state index contributed by atoms with van der Waals surface area (Å²) < 4.78 is 2.90. The van der Waals surface area contributed by atoms with Crippen LogP contribution < -0.4 is 5.56 Å². The molecule has 0 bridgehead atoms. The highest BCUT2D eigenvalue weighted by Gasteiger charge is 2.31. The number of carbonyl (C=O) groups excluding carboxylic acids is 1. The largest absolute Gasteiger partial charge is 0.505 e. The molecule has 136 valence electrons. The van der Waals surface area contributed by atoms with Crippen molar-refractivity contribution in [1.29, 1.82) is 5.26 Å². The highest BCUT2D eigenvalue weighted by Crippen LogP contribution is 2.33. The van der Waals surface area contributed by atoms with E-state index in [9.17, 15) is 20.0 Å². The van der Waals surface area contributed by atoms with Crippen molar-refractivity contribution in [2.45, 2.75) is 20.0 Å². The minimum Gasteiger partial charge on any atom is -0.505 e. The first-order valence-corrected chi connectivity index (χ1v) is 8.50. The van der Waals surface area contributed by atoms with E-state index in [1.54, 1.807) is 42.8 Å². The predicted molar refractivity (Wildman–Crippen MR) is 97.6 cm³/mol. The number of nitriles is 1. The molecule has 4 rings (SSSR count). The fourth-order valence-electron chi connectivity index (χ4n) is 3.60. The second-order valence-corrected chi connectivity index (χ2v) is 6.62. The minimum absolute atomic E-state index is 0.0931. The van der Waals surface area contributed by atoms with Gasteiger partial charge in [-0.15, -0.1) is 0 Å². The van der Waals surface area contributed by atoms with Gasteiger partial charge >= 0.3 is 0 Å². The van der Waals surface area contributed by atoms with E-state index in [4.69, 9.17) is 0 Å². The van der Waals surface area contributed by atoms with E-state index >= 15 is 0 Å². The monoisotopic (exact) mass is 363 g/mol. The molecule has 0 fully saturated rings. The molecule has 27 heavy (non-hydrogen) atoms. The molecule has 1 aliphatic rings. The molecule has 0 radical (unpaired) electrons. The third kappa shape index (κ3) is 2.39. The third-order valence-electron chi connectivity index (χ3n) is 4.97. The van der Waals surface area contributed by atoms with E-state index < -0.39 is 5.56 Å². The molecular formula is C19H17N5O3. The van der Waals surface area contributed by atoms with Gasteiger partial charge in [0, 0.05) is 20.1 Å². The Morgan fingerprint density at radius 1 is 1.26 bits per heavy atom. The normalized spacial score (nSPS) is 13.7. The summed E-state index contributed by atoms with van der Waals surface area (Å²) in [6.45, 7) is 2.82. The zero-order valence-electron chi connectivity index (χ0n) is 14.9. The minimum atomic E-state index is -0.488. The summed E-state index contributed by atoms with van der Waals surface area (Å²) in [6.07, 6.45) is 0. The van der Waals surface area contributed by atoms with Crippen LogP contribution in [0, 0.1) is 18.3 Å². The van der Waals surface area contributed by atoms with E-state index in [0.717, 1.165) is 0 Å². The van der Waals surface area contributed by atoms with Crippen molar-refractivity contribution in [2.24, 2.45) is 0 Å². The summed E-state index contributed by atoms with van der Waals surface area (Å²) in [5.41, 5.74) is 1.78. The first-order chi connectivity index (χ1) is 12.9. The Bertz CT molecular complexity index is 1200. The van der Waals surface area contributed by atoms with Gasteiger partial charge in [0.15, 0.2) is 11.4 Å². The molecule has 2 aromatic heterocycles. The Labute approximate surface area is 154 Å². The van der Waals surface area contributed by atoms with E-state index in [-0.39, 0.29) is 29.3 Å². The molecule has 0 spiro atoms. The van der Waals surface area contributed by atoms with Crippen molar-refractivity contribution in [3.05, 3.63) is 57.1 Å². The van der Waals surface area contributed by atoms with Crippen molar-refractivity contribution in [2.75, 3.05) is 13.6 Å². The van der Waals surface area contributed by atoms with Gasteiger partial charge in [0.25, 0.3) is 11.5 Å². The molecule has 0 aliphatic carbocycles. The van der Waals surface area contributed by atoms with Gasteiger partial charge in [0.2, 0.25) is 0 Å². The standard InChI is InChI=1S/C19H17N5O3/c1-11-15-14(17(25)16-19(27)22(2)7-8-23(15)16)18(26)24(21-11)10-13-6-4-3-5-12(13)9-20/h3-6,25H,7-8,10H2,1-2H3. The van der Waals surface area contributed by atoms with Crippen molar-refractivity contribution in [1.82, 2.24) is 19.2 Å². The number of carbonyl (C=O) groups is 1. The van der Waals surface area contributed by atoms with Gasteiger partial charge in [-0.2, -0.15) is 10.4 Å². The Balaban J connectivity index is 1.95. The van der Waals surface area contributed by atoms with Crippen LogP contribution in [-0.2, 0) is 13.1 Å². The van der Waals surface area contributed by atoms with Gasteiger partial charge in [-0.05, 0) is 18.6 Å². The molecule has 3 aromatic rings. The summed E-state index contributed by atoms with van der Waals surface area (Å²) in [4.78, 5) is 27.0. The second-order valence-electron chi connectivity index (χ2n) is 6.62. The Kier molecular flexibility index (Phi) is 3.73. The van der Waals surface area contributed by atoms with Crippen molar-refractivity contribution < 1.29 is 9.90 Å². The number of hydrogen-bond donors (Lipinski definition) is 1. The van der Waals surface area contributed by atoms with Crippen LogP contribution in [0.15, 0.2) is 29.1 Å². The highest BCUT2D eigenvalue weighted by atomic mass is 16.3. The summed E-state index contributed by atoms with van der Waals surface area (Å²) in [5.74, 6) is -0.630. The highest BCUT2D eigenvalue weighted by molar-refractivity contribution is 6.04. The molecule has 1 aliphatic heterocycles. The molecule has 0 saturated carbocycles. The van der Waals surface area contributed by atoms with Gasteiger partial charge in [-0.1, -0.05) is 18.2 Å². The molecule has 8 heteroatoms. The third-order valence-corrected chi connectivity index (χ3v) is 4.97. The topological polar surface area (TPSA) is 104 Å². The SMILES string of the molecule is Cc1nn(Cc2ccccc2C#N)c(=O)c2c(O)c3n(c12)CCN(C)C3=O. The van der Waals surface area contributed by atoms with Crippen LogP contribution in [-0.4, -0.2) is 43.9 Å². The number of aromatic nitrogens is 3. The Morgan fingerprint density at radius 3 is 2.74 bits per heavy atom. The quantitative estimate of drug-likeness (QED) is 0.737. The number of benzene rings is 1. The van der Waals surface area contributed by atoms with E-state index in [1.807, 2.05) is 0 Å². The number of rotatable bonds is 2. The number of nitrogens with zero attached hydrogens (tertiary/aromatic N) is 5. The number of fused-ring (bicyclic) bond motifs is 3. The fraction of sp³-hybridized carbons (Fsp3) is 0.263. The number of aryl methyl sites for hydroxylation is 1. The average molecular weight is 363 g/mol. The number of aromatic hydroxyl groups is 1. The molecule has 1 N–H and O–H groups in total. The lowest BCUT2D eigenvalue weighted by Gasteiger charge is -2.25. The zero-order valence-corrected chi connectivity index (χ0v) is 14.9. The molecular weight excluding hydrogens is 346 g/mol. The van der Waals surface area contributed by atoms with Crippen molar-refractivity contribution >= 4 is 16.8 Å². The number of hydrogen-bond acceptors (Lipinski definition) is 5. The van der Waals surface area contributed by atoms with Gasteiger partial charge in [0.1, 0.15) is 5.39 Å². The first-order valence-electron chi connectivity index (χ1n) is 8.50. The maximum Gasteiger partial charge on any atom is 0.280 e. The van der Waals surface area contributed by atoms with Gasteiger partial charge < -0.3 is 14.6 Å². The van der Waals surface area contributed by atoms with Crippen LogP contribution in [0.1, 0.15) is 27.3 Å². The number of likely N-dealkylation sites (N-methyl/N-ethyl adjacent to an activating group) is 1. The summed E-state index contributed by atoms with van der Waals surface area (Å²) in [5, 5.41) is 24.4. The van der Waals surface area contributed by atoms with Gasteiger partial charge in [0.05, 0.1) is 29.4 Å². The lowest BCUT2D eigenvalue weighted by atomic mass is 10.1. The van der Waals surface area contributed by atoms with Crippen LogP contribution in [0.25, 0.3) is 10.9 Å². The summed E-state index contributed by atoms with van der Waals surface area (Å²) >= 11 is 0. The smallest absolute Gasteiger partial charge is 0.280 e. The molecule has 0 saturated heterocycles. The fourth-order valence-corrected chi connectivity index (χ4v) is 3.60. The lowest BCUT2D eigenvalue weighted by Crippen LogP contribution is -2.37. The maximum atomic E-state index is 13.0. The molecule has 1 aromatic carbocycles. The van der Waals surface area contributed by atoms with E-state index in [0.29, 0.717) is 35.4 Å². The lowest BCUT2D eigenvalue weighted by molar-refractivity contribution is 0.0747. The van der Waals surface area contributed by atoms with Crippen LogP contribution >= 0.6 is 0 Å². The molecule has 1 amide bonds. The Hall–Kier alpha value is -3.60. The van der Waals surface area contributed by atoms with Gasteiger partial charge in [-0.25, -0.2) is 4.68 Å². The predicted octanol–water partition coefficient (Wildman–Crippen LogP) is 1.22. The van der Waals surface area contributed by atoms with Crippen LogP contribution in [0.2, 0.25) is 0 Å². The van der Waals surface area contributed by atoms with Gasteiger partial charge in [-0.3, -0.25) is 9.59 Å². The Morgan fingerprint density at radius 2 is 2.00 bits per heavy atom. The molecule has 0 unspecified atom stereocenters.